The third kappa shape index (κ3) is 2.10. The number of nitrogens with zero attached hydrogens (tertiary/aromatic N) is 1. The second-order valence-corrected chi connectivity index (χ2v) is 4.43. The van der Waals surface area contributed by atoms with E-state index < -0.39 is 5.69 Å². The third-order valence-corrected chi connectivity index (χ3v) is 2.83. The molecular weight excluding hydrogens is 248 g/mol. The van der Waals surface area contributed by atoms with Gasteiger partial charge in [0.05, 0.1) is 11.0 Å². The van der Waals surface area contributed by atoms with Crippen molar-refractivity contribution in [1.82, 2.24) is 4.98 Å². The molecule has 0 aliphatic rings. The minimum atomic E-state index is -0.845. The van der Waals surface area contributed by atoms with E-state index >= 15 is 0 Å². The number of fused-ring (bicyclic) bond motifs is 2. The van der Waals surface area contributed by atoms with Crippen LogP contribution in [0, 0.1) is 0 Å². The van der Waals surface area contributed by atoms with E-state index in [1.807, 2.05) is 42.5 Å². The van der Waals surface area contributed by atoms with Crippen molar-refractivity contribution in [2.45, 2.75) is 5.69 Å². The fourth-order valence-corrected chi connectivity index (χ4v) is 2.06. The van der Waals surface area contributed by atoms with Crippen molar-refractivity contribution in [3.05, 3.63) is 48.5 Å². The first-order chi connectivity index (χ1) is 8.72. The molecule has 3 nitrogen and oxygen atoms in total. The van der Waals surface area contributed by atoms with Crippen LogP contribution in [0.15, 0.2) is 48.5 Å². The molecular formula is C14H11ClN2O. The molecule has 0 saturated heterocycles. The highest BCUT2D eigenvalue weighted by Crippen LogP contribution is 2.23. The molecule has 0 spiro atoms. The summed E-state index contributed by atoms with van der Waals surface area (Å²) in [4.78, 5) is 4.58. The van der Waals surface area contributed by atoms with Crippen LogP contribution in [0.25, 0.3) is 21.8 Å². The van der Waals surface area contributed by atoms with E-state index in [-0.39, 0.29) is 0 Å². The molecule has 2 N–H and O–H groups in total. The highest BCUT2D eigenvalue weighted by Gasteiger charge is 2.03. The topological polar surface area (TPSA) is 48.1 Å². The van der Waals surface area contributed by atoms with Gasteiger partial charge in [0, 0.05) is 16.8 Å². The molecule has 1 unspecified atom stereocenters. The smallest absolute Gasteiger partial charge is 0.225 e. The number of halogens is 1. The Labute approximate surface area is 109 Å². The Balaban J connectivity index is 2.18. The van der Waals surface area contributed by atoms with Gasteiger partial charge in [-0.1, -0.05) is 29.8 Å². The normalized spacial score (nSPS) is 12.8. The molecule has 0 saturated carbocycles. The van der Waals surface area contributed by atoms with Gasteiger partial charge < -0.3 is 4.74 Å². The lowest BCUT2D eigenvalue weighted by Gasteiger charge is -2.08. The predicted molar refractivity (Wildman–Crippen MR) is 73.7 cm³/mol. The van der Waals surface area contributed by atoms with Crippen LogP contribution >= 0.6 is 11.6 Å². The maximum Gasteiger partial charge on any atom is 0.225 e. The summed E-state index contributed by atoms with van der Waals surface area (Å²) >= 11 is 5.59. The van der Waals surface area contributed by atoms with Gasteiger partial charge in [-0.15, -0.1) is 0 Å². The second-order valence-electron chi connectivity index (χ2n) is 4.00. The molecule has 3 rings (SSSR count). The molecule has 0 fully saturated rings. The van der Waals surface area contributed by atoms with Gasteiger partial charge in [0.15, 0.2) is 0 Å². The van der Waals surface area contributed by atoms with Crippen LogP contribution in [0.2, 0.25) is 0 Å². The lowest BCUT2D eigenvalue weighted by Crippen LogP contribution is -2.19. The van der Waals surface area contributed by atoms with E-state index in [2.05, 4.69) is 11.1 Å². The van der Waals surface area contributed by atoms with E-state index in [0.29, 0.717) is 5.75 Å². The van der Waals surface area contributed by atoms with Crippen LogP contribution in [-0.2, 0) is 0 Å². The van der Waals surface area contributed by atoms with Gasteiger partial charge in [0.25, 0.3) is 0 Å². The first-order valence-electron chi connectivity index (χ1n) is 5.58. The molecule has 1 atom stereocenters. The molecule has 0 aliphatic carbocycles. The zero-order valence-electron chi connectivity index (χ0n) is 9.51. The Hall–Kier alpha value is -1.84. The Bertz CT molecular complexity index is 712. The Kier molecular flexibility index (Phi) is 2.78. The standard InChI is InChI=1S/C14H11ClN2O/c15-14(16)18-11-6-5-10-7-9-3-1-2-4-12(9)17-13(10)8-11/h1-8,14H,16H2. The van der Waals surface area contributed by atoms with Gasteiger partial charge in [-0.2, -0.15) is 0 Å². The number of aromatic nitrogens is 1. The summed E-state index contributed by atoms with van der Waals surface area (Å²) in [5, 5.41) is 2.18. The summed E-state index contributed by atoms with van der Waals surface area (Å²) in [5.41, 5.74) is 6.36. The van der Waals surface area contributed by atoms with Gasteiger partial charge >= 0.3 is 0 Å². The van der Waals surface area contributed by atoms with Crippen molar-refractivity contribution in [2.75, 3.05) is 0 Å². The molecule has 90 valence electrons. The lowest BCUT2D eigenvalue weighted by molar-refractivity contribution is 0.290. The average molecular weight is 259 g/mol. The number of pyridine rings is 1. The number of rotatable bonds is 2. The van der Waals surface area contributed by atoms with Crippen molar-refractivity contribution in [3.8, 4) is 5.75 Å². The molecule has 3 aromatic rings. The van der Waals surface area contributed by atoms with Gasteiger partial charge in [-0.25, -0.2) is 4.98 Å². The number of ether oxygens (including phenoxy) is 1. The summed E-state index contributed by atoms with van der Waals surface area (Å²) in [6, 6.07) is 15.7. The fraction of sp³-hybridized carbons (Fsp3) is 0.0714. The van der Waals surface area contributed by atoms with Crippen LogP contribution in [0.3, 0.4) is 0 Å². The quantitative estimate of drug-likeness (QED) is 0.332. The molecule has 2 aromatic carbocycles. The summed E-state index contributed by atoms with van der Waals surface area (Å²) in [5.74, 6) is 0.618. The summed E-state index contributed by atoms with van der Waals surface area (Å²) in [6.45, 7) is 0. The Morgan fingerprint density at radius 2 is 1.78 bits per heavy atom. The summed E-state index contributed by atoms with van der Waals surface area (Å²) < 4.78 is 5.24. The number of benzene rings is 2. The summed E-state index contributed by atoms with van der Waals surface area (Å²) in [7, 11) is 0. The van der Waals surface area contributed by atoms with Gasteiger partial charge in [-0.05, 0) is 24.3 Å². The van der Waals surface area contributed by atoms with Crippen LogP contribution < -0.4 is 10.5 Å². The fourth-order valence-electron chi connectivity index (χ4n) is 1.95. The highest BCUT2D eigenvalue weighted by molar-refractivity contribution is 6.19. The van der Waals surface area contributed by atoms with E-state index in [1.165, 1.54) is 0 Å². The maximum atomic E-state index is 5.59. The number of alkyl halides is 1. The number of nitrogens with two attached hydrogens (primary N) is 1. The number of para-hydroxylation sites is 1. The average Bonchev–Trinajstić information content (AvgIpc) is 2.35. The second kappa shape index (κ2) is 4.44. The maximum absolute atomic E-state index is 5.59. The molecule has 1 aromatic heterocycles. The predicted octanol–water partition coefficient (Wildman–Crippen LogP) is 3.25. The third-order valence-electron chi connectivity index (χ3n) is 2.74. The van der Waals surface area contributed by atoms with Crippen molar-refractivity contribution in [1.29, 1.82) is 0 Å². The van der Waals surface area contributed by atoms with Crippen molar-refractivity contribution in [3.63, 3.8) is 0 Å². The van der Waals surface area contributed by atoms with Crippen LogP contribution in [0.4, 0.5) is 0 Å². The molecule has 4 heteroatoms. The zero-order chi connectivity index (χ0) is 12.5. The van der Waals surface area contributed by atoms with E-state index in [9.17, 15) is 0 Å². The monoisotopic (exact) mass is 258 g/mol. The summed E-state index contributed by atoms with van der Waals surface area (Å²) in [6.07, 6.45) is 0. The van der Waals surface area contributed by atoms with Crippen molar-refractivity contribution < 1.29 is 4.74 Å². The first kappa shape index (κ1) is 11.3. The number of hydrogen-bond acceptors (Lipinski definition) is 3. The van der Waals surface area contributed by atoms with Crippen molar-refractivity contribution in [2.24, 2.45) is 5.73 Å². The Morgan fingerprint density at radius 1 is 1.00 bits per heavy atom. The first-order valence-corrected chi connectivity index (χ1v) is 6.02. The van der Waals surface area contributed by atoms with Crippen LogP contribution in [-0.4, -0.2) is 10.7 Å². The number of hydrogen-bond donors (Lipinski definition) is 1. The molecule has 1 heterocycles. The van der Waals surface area contributed by atoms with E-state index in [4.69, 9.17) is 22.1 Å². The van der Waals surface area contributed by atoms with Crippen LogP contribution in [0.5, 0.6) is 5.75 Å². The van der Waals surface area contributed by atoms with Crippen molar-refractivity contribution >= 4 is 33.4 Å². The molecule has 18 heavy (non-hydrogen) atoms. The van der Waals surface area contributed by atoms with Gasteiger partial charge in [-0.3, -0.25) is 5.73 Å². The lowest BCUT2D eigenvalue weighted by atomic mass is 10.1. The van der Waals surface area contributed by atoms with Gasteiger partial charge in [0.1, 0.15) is 5.75 Å². The SMILES string of the molecule is NC(Cl)Oc1ccc2cc3ccccc3nc2c1. The van der Waals surface area contributed by atoms with Gasteiger partial charge in [0.2, 0.25) is 5.69 Å². The highest BCUT2D eigenvalue weighted by atomic mass is 35.5. The van der Waals surface area contributed by atoms with E-state index in [0.717, 1.165) is 21.8 Å². The van der Waals surface area contributed by atoms with E-state index in [1.54, 1.807) is 0 Å². The largest absolute Gasteiger partial charge is 0.462 e. The minimum absolute atomic E-state index is 0.618. The molecule has 0 radical (unpaired) electrons. The molecule has 0 aliphatic heterocycles. The zero-order valence-corrected chi connectivity index (χ0v) is 10.3. The minimum Gasteiger partial charge on any atom is -0.462 e. The molecule has 0 amide bonds. The molecule has 0 bridgehead atoms. The van der Waals surface area contributed by atoms with Crippen LogP contribution in [0.1, 0.15) is 0 Å². The Morgan fingerprint density at radius 3 is 2.61 bits per heavy atom.